The molecule has 0 unspecified atom stereocenters. The molecule has 1 aromatic rings. The SMILES string of the molecule is CON(C)C(=O)c1cccc(CN=[N+]=[N-])c1. The molecule has 0 fully saturated rings. The molecule has 0 spiro atoms. The summed E-state index contributed by atoms with van der Waals surface area (Å²) in [5.74, 6) is -0.245. The molecule has 1 amide bonds. The van der Waals surface area contributed by atoms with Gasteiger partial charge in [-0.1, -0.05) is 17.2 Å². The van der Waals surface area contributed by atoms with Crippen molar-refractivity contribution in [1.82, 2.24) is 5.06 Å². The number of rotatable bonds is 4. The highest BCUT2D eigenvalue weighted by molar-refractivity contribution is 5.93. The number of azide groups is 1. The third-order valence-electron chi connectivity index (χ3n) is 2.05. The predicted molar refractivity (Wildman–Crippen MR) is 58.4 cm³/mol. The van der Waals surface area contributed by atoms with Gasteiger partial charge in [0.2, 0.25) is 0 Å². The van der Waals surface area contributed by atoms with Gasteiger partial charge in [-0.15, -0.1) is 0 Å². The summed E-state index contributed by atoms with van der Waals surface area (Å²) in [6.07, 6.45) is 0. The van der Waals surface area contributed by atoms with Crippen LogP contribution in [-0.2, 0) is 11.4 Å². The molecule has 0 heterocycles. The lowest BCUT2D eigenvalue weighted by Crippen LogP contribution is -2.25. The monoisotopic (exact) mass is 220 g/mol. The highest BCUT2D eigenvalue weighted by atomic mass is 16.7. The van der Waals surface area contributed by atoms with Crippen LogP contribution in [0.4, 0.5) is 0 Å². The maximum Gasteiger partial charge on any atom is 0.277 e. The van der Waals surface area contributed by atoms with Crippen molar-refractivity contribution in [3.63, 3.8) is 0 Å². The topological polar surface area (TPSA) is 78.3 Å². The van der Waals surface area contributed by atoms with Crippen LogP contribution >= 0.6 is 0 Å². The Balaban J connectivity index is 2.89. The van der Waals surface area contributed by atoms with Gasteiger partial charge in [-0.2, -0.15) is 0 Å². The molecular formula is C10H12N4O2. The van der Waals surface area contributed by atoms with Crippen molar-refractivity contribution in [1.29, 1.82) is 0 Å². The number of carbonyl (C=O) groups is 1. The smallest absolute Gasteiger partial charge is 0.274 e. The van der Waals surface area contributed by atoms with Crippen LogP contribution in [-0.4, -0.2) is 25.1 Å². The summed E-state index contributed by atoms with van der Waals surface area (Å²) >= 11 is 0. The van der Waals surface area contributed by atoms with Gasteiger partial charge in [0.05, 0.1) is 13.7 Å². The van der Waals surface area contributed by atoms with Crippen LogP contribution in [0.1, 0.15) is 15.9 Å². The van der Waals surface area contributed by atoms with E-state index in [2.05, 4.69) is 10.0 Å². The zero-order chi connectivity index (χ0) is 12.0. The summed E-state index contributed by atoms with van der Waals surface area (Å²) in [4.78, 5) is 19.2. The molecule has 1 rings (SSSR count). The number of hydrogen-bond donors (Lipinski definition) is 0. The van der Waals surface area contributed by atoms with Crippen LogP contribution in [0.5, 0.6) is 0 Å². The largest absolute Gasteiger partial charge is 0.277 e. The van der Waals surface area contributed by atoms with E-state index in [9.17, 15) is 4.79 Å². The second-order valence-corrected chi connectivity index (χ2v) is 3.07. The summed E-state index contributed by atoms with van der Waals surface area (Å²) in [5.41, 5.74) is 9.48. The highest BCUT2D eigenvalue weighted by Gasteiger charge is 2.10. The van der Waals surface area contributed by atoms with E-state index < -0.39 is 0 Å². The minimum absolute atomic E-state index is 0.230. The molecule has 0 bridgehead atoms. The number of amides is 1. The van der Waals surface area contributed by atoms with E-state index in [1.165, 1.54) is 14.2 Å². The van der Waals surface area contributed by atoms with Crippen LogP contribution in [0, 0.1) is 0 Å². The van der Waals surface area contributed by atoms with Gasteiger partial charge in [0.25, 0.3) is 5.91 Å². The Hall–Kier alpha value is -2.04. The fourth-order valence-corrected chi connectivity index (χ4v) is 1.18. The molecule has 6 heteroatoms. The second kappa shape index (κ2) is 5.75. The molecule has 16 heavy (non-hydrogen) atoms. The lowest BCUT2D eigenvalue weighted by Gasteiger charge is -2.13. The predicted octanol–water partition coefficient (Wildman–Crippen LogP) is 2.13. The molecule has 0 aliphatic carbocycles. The summed E-state index contributed by atoms with van der Waals surface area (Å²) in [7, 11) is 2.95. The molecule has 0 atom stereocenters. The van der Waals surface area contributed by atoms with E-state index in [1.807, 2.05) is 0 Å². The van der Waals surface area contributed by atoms with Gasteiger partial charge in [-0.3, -0.25) is 9.63 Å². The number of benzene rings is 1. The van der Waals surface area contributed by atoms with Gasteiger partial charge < -0.3 is 0 Å². The summed E-state index contributed by atoms with van der Waals surface area (Å²) in [6, 6.07) is 6.88. The molecule has 84 valence electrons. The average molecular weight is 220 g/mol. The first-order valence-electron chi connectivity index (χ1n) is 4.61. The quantitative estimate of drug-likeness (QED) is 0.337. The first kappa shape index (κ1) is 12.0. The number of hydrogen-bond acceptors (Lipinski definition) is 3. The minimum Gasteiger partial charge on any atom is -0.274 e. The third-order valence-corrected chi connectivity index (χ3v) is 2.05. The lowest BCUT2D eigenvalue weighted by atomic mass is 10.1. The first-order chi connectivity index (χ1) is 7.69. The Bertz CT molecular complexity index is 427. The summed E-state index contributed by atoms with van der Waals surface area (Å²) in [5, 5.41) is 4.56. The van der Waals surface area contributed by atoms with Gasteiger partial charge in [0, 0.05) is 17.5 Å². The van der Waals surface area contributed by atoms with E-state index in [0.717, 1.165) is 10.6 Å². The number of hydroxylamine groups is 2. The van der Waals surface area contributed by atoms with Crippen molar-refractivity contribution < 1.29 is 9.63 Å². The summed E-state index contributed by atoms with van der Waals surface area (Å²) < 4.78 is 0. The average Bonchev–Trinajstić information content (AvgIpc) is 2.34. The van der Waals surface area contributed by atoms with Crippen LogP contribution < -0.4 is 0 Å². The first-order valence-corrected chi connectivity index (χ1v) is 4.61. The van der Waals surface area contributed by atoms with E-state index in [4.69, 9.17) is 10.4 Å². The van der Waals surface area contributed by atoms with Crippen LogP contribution in [0.25, 0.3) is 10.4 Å². The van der Waals surface area contributed by atoms with Crippen molar-refractivity contribution in [3.8, 4) is 0 Å². The molecule has 0 aromatic heterocycles. The Morgan fingerprint density at radius 3 is 3.00 bits per heavy atom. The zero-order valence-electron chi connectivity index (χ0n) is 9.12. The standard InChI is InChI=1S/C10H12N4O2/c1-14(16-2)10(15)9-5-3-4-8(6-9)7-12-13-11/h3-6H,7H2,1-2H3. The molecule has 0 radical (unpaired) electrons. The van der Waals surface area contributed by atoms with Gasteiger partial charge >= 0.3 is 0 Å². The number of nitrogens with zero attached hydrogens (tertiary/aromatic N) is 4. The fourth-order valence-electron chi connectivity index (χ4n) is 1.18. The Morgan fingerprint density at radius 1 is 1.62 bits per heavy atom. The van der Waals surface area contributed by atoms with Crippen molar-refractivity contribution in [2.45, 2.75) is 6.54 Å². The van der Waals surface area contributed by atoms with Crippen LogP contribution in [0.3, 0.4) is 0 Å². The summed E-state index contributed by atoms with van der Waals surface area (Å²) in [6.45, 7) is 0.230. The van der Waals surface area contributed by atoms with E-state index in [-0.39, 0.29) is 12.5 Å². The van der Waals surface area contributed by atoms with Gasteiger partial charge in [0.15, 0.2) is 0 Å². The molecule has 0 N–H and O–H groups in total. The van der Waals surface area contributed by atoms with E-state index >= 15 is 0 Å². The van der Waals surface area contributed by atoms with E-state index in [0.29, 0.717) is 5.56 Å². The Kier molecular flexibility index (Phi) is 4.32. The normalized spacial score (nSPS) is 9.38. The minimum atomic E-state index is -0.245. The Morgan fingerprint density at radius 2 is 2.38 bits per heavy atom. The zero-order valence-corrected chi connectivity index (χ0v) is 9.12. The molecular weight excluding hydrogens is 208 g/mol. The number of carbonyl (C=O) groups excluding carboxylic acids is 1. The Labute approximate surface area is 93.0 Å². The maximum absolute atomic E-state index is 11.7. The second-order valence-electron chi connectivity index (χ2n) is 3.07. The van der Waals surface area contributed by atoms with Gasteiger partial charge in [-0.25, -0.2) is 5.06 Å². The fraction of sp³-hybridized carbons (Fsp3) is 0.300. The van der Waals surface area contributed by atoms with Gasteiger partial charge in [-0.05, 0) is 23.2 Å². The van der Waals surface area contributed by atoms with Crippen LogP contribution in [0.2, 0.25) is 0 Å². The molecule has 1 aromatic carbocycles. The van der Waals surface area contributed by atoms with Crippen molar-refractivity contribution in [2.75, 3.05) is 14.2 Å². The van der Waals surface area contributed by atoms with Crippen molar-refractivity contribution >= 4 is 5.91 Å². The van der Waals surface area contributed by atoms with Crippen molar-refractivity contribution in [3.05, 3.63) is 45.8 Å². The van der Waals surface area contributed by atoms with Crippen LogP contribution in [0.15, 0.2) is 29.4 Å². The maximum atomic E-state index is 11.7. The molecule has 6 nitrogen and oxygen atoms in total. The van der Waals surface area contributed by atoms with Crippen molar-refractivity contribution in [2.24, 2.45) is 5.11 Å². The lowest BCUT2D eigenvalue weighted by molar-refractivity contribution is -0.0757. The molecule has 0 saturated heterocycles. The molecule has 0 aliphatic heterocycles. The van der Waals surface area contributed by atoms with Gasteiger partial charge in [0.1, 0.15) is 0 Å². The van der Waals surface area contributed by atoms with E-state index in [1.54, 1.807) is 24.3 Å². The molecule has 0 saturated carbocycles. The third kappa shape index (κ3) is 2.98. The molecule has 0 aliphatic rings. The highest BCUT2D eigenvalue weighted by Crippen LogP contribution is 2.09.